The fourth-order valence-electron chi connectivity index (χ4n) is 2.06. The van der Waals surface area contributed by atoms with Crippen molar-refractivity contribution in [2.75, 3.05) is 10.6 Å². The number of anilines is 3. The summed E-state index contributed by atoms with van der Waals surface area (Å²) in [6, 6.07) is 11.8. The van der Waals surface area contributed by atoms with E-state index in [0.29, 0.717) is 15.8 Å². The standard InChI is InChI=1S/C17H11ClF3N3O2S/c18-10-2-1-3-12(8-10)23-16-24-14(9-27-16)15(25)22-11-4-6-13(7-5-11)26-17(19,20)21/h1-9H,(H,22,25)(H,23,24). The number of aromatic nitrogens is 1. The fourth-order valence-corrected chi connectivity index (χ4v) is 2.96. The van der Waals surface area contributed by atoms with E-state index in [-0.39, 0.29) is 11.4 Å². The molecule has 0 atom stereocenters. The number of halogens is 4. The van der Waals surface area contributed by atoms with E-state index in [2.05, 4.69) is 20.4 Å². The highest BCUT2D eigenvalue weighted by Crippen LogP contribution is 2.25. The van der Waals surface area contributed by atoms with Gasteiger partial charge in [-0.25, -0.2) is 4.98 Å². The molecule has 0 aliphatic rings. The van der Waals surface area contributed by atoms with Crippen LogP contribution in [-0.2, 0) is 0 Å². The monoisotopic (exact) mass is 413 g/mol. The average Bonchev–Trinajstić information content (AvgIpc) is 3.04. The first kappa shape index (κ1) is 19.0. The van der Waals surface area contributed by atoms with Crippen molar-refractivity contribution >= 4 is 45.4 Å². The number of alkyl halides is 3. The second-order valence-electron chi connectivity index (χ2n) is 5.20. The van der Waals surface area contributed by atoms with Gasteiger partial charge in [0.2, 0.25) is 0 Å². The lowest BCUT2D eigenvalue weighted by Crippen LogP contribution is -2.17. The van der Waals surface area contributed by atoms with Crippen molar-refractivity contribution in [2.45, 2.75) is 6.36 Å². The van der Waals surface area contributed by atoms with Crippen LogP contribution in [0.5, 0.6) is 5.75 Å². The SMILES string of the molecule is O=C(Nc1ccc(OC(F)(F)F)cc1)c1csc(Nc2cccc(Cl)c2)n1. The van der Waals surface area contributed by atoms with Gasteiger partial charge in [-0.15, -0.1) is 24.5 Å². The van der Waals surface area contributed by atoms with Crippen molar-refractivity contribution in [3.63, 3.8) is 0 Å². The van der Waals surface area contributed by atoms with E-state index in [1.807, 2.05) is 0 Å². The quantitative estimate of drug-likeness (QED) is 0.564. The van der Waals surface area contributed by atoms with Crippen LogP contribution in [-0.4, -0.2) is 17.3 Å². The molecule has 0 bridgehead atoms. The zero-order valence-electron chi connectivity index (χ0n) is 13.4. The smallest absolute Gasteiger partial charge is 0.406 e. The maximum absolute atomic E-state index is 12.2. The topological polar surface area (TPSA) is 63.2 Å². The number of carbonyl (C=O) groups excluding carboxylic acids is 1. The van der Waals surface area contributed by atoms with Crippen LogP contribution in [0.15, 0.2) is 53.9 Å². The lowest BCUT2D eigenvalue weighted by Gasteiger charge is -2.09. The van der Waals surface area contributed by atoms with Crippen molar-refractivity contribution in [1.29, 1.82) is 0 Å². The molecule has 0 fully saturated rings. The summed E-state index contributed by atoms with van der Waals surface area (Å²) >= 11 is 7.14. The summed E-state index contributed by atoms with van der Waals surface area (Å²) in [6.07, 6.45) is -4.77. The van der Waals surface area contributed by atoms with E-state index in [9.17, 15) is 18.0 Å². The average molecular weight is 414 g/mol. The largest absolute Gasteiger partial charge is 0.573 e. The lowest BCUT2D eigenvalue weighted by molar-refractivity contribution is -0.274. The van der Waals surface area contributed by atoms with Crippen LogP contribution in [0.1, 0.15) is 10.5 Å². The Labute approximate surface area is 160 Å². The Morgan fingerprint density at radius 3 is 2.52 bits per heavy atom. The van der Waals surface area contributed by atoms with Crippen molar-refractivity contribution in [3.8, 4) is 5.75 Å². The third-order valence-electron chi connectivity index (χ3n) is 3.16. The second-order valence-corrected chi connectivity index (χ2v) is 6.49. The molecule has 0 saturated heterocycles. The van der Waals surface area contributed by atoms with Crippen molar-refractivity contribution < 1.29 is 22.7 Å². The molecule has 140 valence electrons. The maximum atomic E-state index is 12.2. The van der Waals surface area contributed by atoms with Crippen molar-refractivity contribution in [3.05, 3.63) is 64.6 Å². The Morgan fingerprint density at radius 1 is 1.11 bits per heavy atom. The summed E-state index contributed by atoms with van der Waals surface area (Å²) in [7, 11) is 0. The number of hydrogen-bond donors (Lipinski definition) is 2. The molecule has 2 N–H and O–H groups in total. The van der Waals surface area contributed by atoms with Crippen LogP contribution in [0.3, 0.4) is 0 Å². The van der Waals surface area contributed by atoms with Crippen LogP contribution in [0.2, 0.25) is 5.02 Å². The highest BCUT2D eigenvalue weighted by molar-refractivity contribution is 7.14. The highest BCUT2D eigenvalue weighted by Gasteiger charge is 2.30. The molecule has 27 heavy (non-hydrogen) atoms. The van der Waals surface area contributed by atoms with Gasteiger partial charge in [-0.05, 0) is 42.5 Å². The van der Waals surface area contributed by atoms with Crippen LogP contribution in [0.4, 0.5) is 29.7 Å². The number of thiazole rings is 1. The van der Waals surface area contributed by atoms with Gasteiger partial charge in [-0.3, -0.25) is 4.79 Å². The molecular formula is C17H11ClF3N3O2S. The number of ether oxygens (including phenoxy) is 1. The first-order valence-electron chi connectivity index (χ1n) is 7.44. The molecule has 1 amide bonds. The molecule has 0 unspecified atom stereocenters. The predicted octanol–water partition coefficient (Wildman–Crippen LogP) is 5.69. The Kier molecular flexibility index (Phi) is 5.52. The third kappa shape index (κ3) is 5.60. The van der Waals surface area contributed by atoms with Crippen LogP contribution < -0.4 is 15.4 Å². The summed E-state index contributed by atoms with van der Waals surface area (Å²) in [4.78, 5) is 16.4. The van der Waals surface area contributed by atoms with Gasteiger partial charge in [0.15, 0.2) is 5.13 Å². The minimum Gasteiger partial charge on any atom is -0.406 e. The molecule has 1 heterocycles. The molecule has 5 nitrogen and oxygen atoms in total. The third-order valence-corrected chi connectivity index (χ3v) is 4.15. The minimum atomic E-state index is -4.77. The molecular weight excluding hydrogens is 403 g/mol. The molecule has 1 aromatic heterocycles. The Morgan fingerprint density at radius 2 is 1.85 bits per heavy atom. The van der Waals surface area contributed by atoms with Gasteiger partial charge in [-0.1, -0.05) is 17.7 Å². The number of amides is 1. The summed E-state index contributed by atoms with van der Waals surface area (Å²) in [5.74, 6) is -0.864. The second kappa shape index (κ2) is 7.85. The number of hydrogen-bond acceptors (Lipinski definition) is 5. The van der Waals surface area contributed by atoms with Gasteiger partial charge in [0.05, 0.1) is 0 Å². The molecule has 0 aliphatic carbocycles. The molecule has 0 spiro atoms. The summed E-state index contributed by atoms with van der Waals surface area (Å²) in [6.45, 7) is 0. The Hall–Kier alpha value is -2.78. The molecule has 0 radical (unpaired) electrons. The minimum absolute atomic E-state index is 0.167. The maximum Gasteiger partial charge on any atom is 0.573 e. The lowest BCUT2D eigenvalue weighted by atomic mass is 10.3. The Balaban J connectivity index is 1.62. The first-order chi connectivity index (χ1) is 12.8. The normalized spacial score (nSPS) is 11.1. The van der Waals surface area contributed by atoms with Gasteiger partial charge in [0, 0.05) is 21.8 Å². The zero-order chi connectivity index (χ0) is 19.4. The summed E-state index contributed by atoms with van der Waals surface area (Å²) < 4.78 is 40.2. The summed E-state index contributed by atoms with van der Waals surface area (Å²) in [5.41, 5.74) is 1.20. The number of nitrogens with one attached hydrogen (secondary N) is 2. The first-order valence-corrected chi connectivity index (χ1v) is 8.69. The molecule has 3 rings (SSSR count). The van der Waals surface area contributed by atoms with Crippen LogP contribution in [0, 0.1) is 0 Å². The van der Waals surface area contributed by atoms with Crippen molar-refractivity contribution in [2.24, 2.45) is 0 Å². The van der Waals surface area contributed by atoms with Gasteiger partial charge < -0.3 is 15.4 Å². The van der Waals surface area contributed by atoms with Crippen LogP contribution >= 0.6 is 22.9 Å². The number of rotatable bonds is 5. The molecule has 3 aromatic rings. The molecule has 2 aromatic carbocycles. The van der Waals surface area contributed by atoms with E-state index in [1.165, 1.54) is 23.5 Å². The van der Waals surface area contributed by atoms with Gasteiger partial charge in [-0.2, -0.15) is 0 Å². The van der Waals surface area contributed by atoms with E-state index in [4.69, 9.17) is 11.6 Å². The van der Waals surface area contributed by atoms with E-state index in [0.717, 1.165) is 17.8 Å². The van der Waals surface area contributed by atoms with Gasteiger partial charge >= 0.3 is 6.36 Å². The van der Waals surface area contributed by atoms with E-state index >= 15 is 0 Å². The van der Waals surface area contributed by atoms with E-state index in [1.54, 1.807) is 29.6 Å². The fraction of sp³-hybridized carbons (Fsp3) is 0.0588. The van der Waals surface area contributed by atoms with Crippen molar-refractivity contribution in [1.82, 2.24) is 4.98 Å². The number of carbonyl (C=O) groups is 1. The number of nitrogens with zero attached hydrogens (tertiary/aromatic N) is 1. The van der Waals surface area contributed by atoms with Gasteiger partial charge in [0.1, 0.15) is 11.4 Å². The summed E-state index contributed by atoms with van der Waals surface area (Å²) in [5, 5.41) is 8.21. The van der Waals surface area contributed by atoms with Crippen LogP contribution in [0.25, 0.3) is 0 Å². The predicted molar refractivity (Wildman–Crippen MR) is 97.9 cm³/mol. The van der Waals surface area contributed by atoms with Gasteiger partial charge in [0.25, 0.3) is 5.91 Å². The molecule has 0 saturated carbocycles. The number of benzene rings is 2. The molecule has 0 aliphatic heterocycles. The van der Waals surface area contributed by atoms with E-state index < -0.39 is 12.3 Å². The Bertz CT molecular complexity index is 945. The zero-order valence-corrected chi connectivity index (χ0v) is 15.0. The highest BCUT2D eigenvalue weighted by atomic mass is 35.5. The molecule has 10 heteroatoms.